The fraction of sp³-hybridized carbons (Fsp3) is 0.385. The Balaban J connectivity index is 2.38. The van der Waals surface area contributed by atoms with Crippen LogP contribution in [0.3, 0.4) is 0 Å². The average Bonchev–Trinajstić information content (AvgIpc) is 2.90. The molecule has 0 atom stereocenters. The molecule has 0 fully saturated rings. The molecule has 2 aromatic rings. The molecule has 0 spiro atoms. The molecule has 0 saturated carbocycles. The number of carbonyl (C=O) groups excluding carboxylic acids is 1. The zero-order valence-electron chi connectivity index (χ0n) is 11.7. The molecule has 0 aliphatic heterocycles. The van der Waals surface area contributed by atoms with Gasteiger partial charge in [-0.2, -0.15) is 5.10 Å². The molecular weight excluding hydrogens is 260 g/mol. The Morgan fingerprint density at radius 1 is 1.25 bits per heavy atom. The summed E-state index contributed by atoms with van der Waals surface area (Å²) in [7, 11) is 2.99. The molecule has 0 radical (unpaired) electrons. The third-order valence-corrected chi connectivity index (χ3v) is 2.76. The van der Waals surface area contributed by atoms with Crippen LogP contribution in [0, 0.1) is 0 Å². The molecule has 2 aromatic heterocycles. The highest BCUT2D eigenvalue weighted by Crippen LogP contribution is 2.21. The van der Waals surface area contributed by atoms with E-state index < -0.39 is 0 Å². The number of ether oxygens (including phenoxy) is 2. The van der Waals surface area contributed by atoms with Crippen molar-refractivity contribution in [2.24, 2.45) is 0 Å². The van der Waals surface area contributed by atoms with Crippen molar-refractivity contribution in [3.05, 3.63) is 29.7 Å². The lowest BCUT2D eigenvalue weighted by atomic mass is 10.2. The summed E-state index contributed by atoms with van der Waals surface area (Å²) in [5.41, 5.74) is 0.607. The summed E-state index contributed by atoms with van der Waals surface area (Å²) >= 11 is 0. The molecule has 0 aliphatic carbocycles. The van der Waals surface area contributed by atoms with Gasteiger partial charge in [-0.3, -0.25) is 9.48 Å². The molecule has 106 valence electrons. The third-order valence-electron chi connectivity index (χ3n) is 2.76. The van der Waals surface area contributed by atoms with Crippen molar-refractivity contribution in [1.82, 2.24) is 20.0 Å². The molecule has 7 heteroatoms. The van der Waals surface area contributed by atoms with Gasteiger partial charge < -0.3 is 9.47 Å². The highest BCUT2D eigenvalue weighted by molar-refractivity contribution is 6.08. The summed E-state index contributed by atoms with van der Waals surface area (Å²) in [5, 5.41) is 11.8. The fourth-order valence-electron chi connectivity index (χ4n) is 1.80. The van der Waals surface area contributed by atoms with Crippen LogP contribution in [0.2, 0.25) is 0 Å². The summed E-state index contributed by atoms with van der Waals surface area (Å²) < 4.78 is 11.7. The van der Waals surface area contributed by atoms with Crippen LogP contribution in [-0.4, -0.2) is 40.0 Å². The van der Waals surface area contributed by atoms with Crippen LogP contribution in [0.25, 0.3) is 0 Å². The highest BCUT2D eigenvalue weighted by Gasteiger charge is 2.22. The normalized spacial score (nSPS) is 10.3. The topological polar surface area (TPSA) is 79.1 Å². The summed E-state index contributed by atoms with van der Waals surface area (Å²) in [5.74, 6) is 0.514. The number of methoxy groups -OCH3 is 2. The number of hydrogen-bond donors (Lipinski definition) is 0. The number of rotatable bonds is 6. The van der Waals surface area contributed by atoms with E-state index in [1.54, 1.807) is 16.8 Å². The van der Waals surface area contributed by atoms with E-state index in [4.69, 9.17) is 9.47 Å². The van der Waals surface area contributed by atoms with Gasteiger partial charge in [0.1, 0.15) is 5.69 Å². The molecule has 0 bridgehead atoms. The van der Waals surface area contributed by atoms with Crippen molar-refractivity contribution in [3.8, 4) is 11.6 Å². The Morgan fingerprint density at radius 3 is 2.60 bits per heavy atom. The monoisotopic (exact) mass is 276 g/mol. The standard InChI is InChI=1S/C13H16N4O3/c1-4-7-17-12(10(19-2)8-14-17)13(18)9-5-6-11(20-3)16-15-9/h5-6,8H,4,7H2,1-3H3. The second-order valence-corrected chi connectivity index (χ2v) is 4.07. The minimum absolute atomic E-state index is 0.224. The number of aromatic nitrogens is 4. The first-order valence-electron chi connectivity index (χ1n) is 6.23. The maximum atomic E-state index is 12.5. The fourth-order valence-corrected chi connectivity index (χ4v) is 1.80. The second-order valence-electron chi connectivity index (χ2n) is 4.07. The molecule has 7 nitrogen and oxygen atoms in total. The van der Waals surface area contributed by atoms with Crippen molar-refractivity contribution in [3.63, 3.8) is 0 Å². The lowest BCUT2D eigenvalue weighted by Crippen LogP contribution is -2.14. The van der Waals surface area contributed by atoms with Gasteiger partial charge in [0.2, 0.25) is 11.7 Å². The number of nitrogens with zero attached hydrogens (tertiary/aromatic N) is 4. The lowest BCUT2D eigenvalue weighted by molar-refractivity contribution is 0.102. The van der Waals surface area contributed by atoms with Crippen LogP contribution in [0.5, 0.6) is 11.6 Å². The van der Waals surface area contributed by atoms with Crippen LogP contribution in [0.4, 0.5) is 0 Å². The Hall–Kier alpha value is -2.44. The van der Waals surface area contributed by atoms with E-state index in [-0.39, 0.29) is 11.5 Å². The van der Waals surface area contributed by atoms with Crippen molar-refractivity contribution in [2.75, 3.05) is 14.2 Å². The Morgan fingerprint density at radius 2 is 2.05 bits per heavy atom. The molecule has 2 rings (SSSR count). The number of hydrogen-bond acceptors (Lipinski definition) is 6. The van der Waals surface area contributed by atoms with Crippen molar-refractivity contribution < 1.29 is 14.3 Å². The van der Waals surface area contributed by atoms with Crippen molar-refractivity contribution in [2.45, 2.75) is 19.9 Å². The second kappa shape index (κ2) is 6.14. The van der Waals surface area contributed by atoms with E-state index >= 15 is 0 Å². The van der Waals surface area contributed by atoms with Crippen LogP contribution < -0.4 is 9.47 Å². The largest absolute Gasteiger partial charge is 0.493 e. The SMILES string of the molecule is CCCn1ncc(OC)c1C(=O)c1ccc(OC)nn1. The van der Waals surface area contributed by atoms with E-state index in [0.717, 1.165) is 6.42 Å². The Bertz CT molecular complexity index is 592. The molecule has 0 unspecified atom stereocenters. The molecule has 20 heavy (non-hydrogen) atoms. The van der Waals surface area contributed by atoms with E-state index in [1.165, 1.54) is 20.4 Å². The van der Waals surface area contributed by atoms with E-state index in [2.05, 4.69) is 15.3 Å². The molecular formula is C13H16N4O3. The summed E-state index contributed by atoms with van der Waals surface area (Å²) in [6.45, 7) is 2.64. The van der Waals surface area contributed by atoms with Gasteiger partial charge in [0.25, 0.3) is 0 Å². The minimum Gasteiger partial charge on any atom is -0.493 e. The lowest BCUT2D eigenvalue weighted by Gasteiger charge is -2.06. The van der Waals surface area contributed by atoms with Gasteiger partial charge in [-0.1, -0.05) is 6.92 Å². The predicted octanol–water partition coefficient (Wildman–Crippen LogP) is 1.33. The zero-order valence-corrected chi connectivity index (χ0v) is 11.7. The smallest absolute Gasteiger partial charge is 0.235 e. The van der Waals surface area contributed by atoms with Crippen molar-refractivity contribution >= 4 is 5.78 Å². The maximum Gasteiger partial charge on any atom is 0.235 e. The molecule has 0 N–H and O–H groups in total. The minimum atomic E-state index is -0.275. The van der Waals surface area contributed by atoms with Crippen molar-refractivity contribution in [1.29, 1.82) is 0 Å². The van der Waals surface area contributed by atoms with E-state index in [0.29, 0.717) is 23.9 Å². The molecule has 0 amide bonds. The van der Waals surface area contributed by atoms with Crippen LogP contribution in [-0.2, 0) is 6.54 Å². The summed E-state index contributed by atoms with van der Waals surface area (Å²) in [4.78, 5) is 12.5. The summed E-state index contributed by atoms with van der Waals surface area (Å²) in [6, 6.07) is 3.16. The van der Waals surface area contributed by atoms with Gasteiger partial charge in [0.05, 0.1) is 20.4 Å². The number of ketones is 1. The maximum absolute atomic E-state index is 12.5. The van der Waals surface area contributed by atoms with E-state index in [1.807, 2.05) is 6.92 Å². The average molecular weight is 276 g/mol. The zero-order chi connectivity index (χ0) is 14.5. The number of carbonyl (C=O) groups is 1. The van der Waals surface area contributed by atoms with Gasteiger partial charge in [-0.25, -0.2) is 0 Å². The van der Waals surface area contributed by atoms with Gasteiger partial charge in [-0.05, 0) is 12.5 Å². The summed E-state index contributed by atoms with van der Waals surface area (Å²) in [6.07, 6.45) is 2.39. The predicted molar refractivity (Wildman–Crippen MR) is 71.1 cm³/mol. The third kappa shape index (κ3) is 2.61. The number of aryl methyl sites for hydroxylation is 1. The van der Waals surface area contributed by atoms with Crippen LogP contribution >= 0.6 is 0 Å². The molecule has 0 saturated heterocycles. The molecule has 0 aromatic carbocycles. The van der Waals surface area contributed by atoms with Crippen LogP contribution in [0.15, 0.2) is 18.3 Å². The Kier molecular flexibility index (Phi) is 4.29. The quantitative estimate of drug-likeness (QED) is 0.741. The first kappa shape index (κ1) is 14.0. The molecule has 0 aliphatic rings. The van der Waals surface area contributed by atoms with E-state index in [9.17, 15) is 4.79 Å². The van der Waals surface area contributed by atoms with Gasteiger partial charge in [-0.15, -0.1) is 10.2 Å². The molecule has 2 heterocycles. The Labute approximate surface area is 116 Å². The van der Waals surface area contributed by atoms with Crippen LogP contribution in [0.1, 0.15) is 29.5 Å². The van der Waals surface area contributed by atoms with Gasteiger partial charge in [0.15, 0.2) is 11.4 Å². The first-order valence-corrected chi connectivity index (χ1v) is 6.23. The highest BCUT2D eigenvalue weighted by atomic mass is 16.5. The first-order chi connectivity index (χ1) is 9.71. The van der Waals surface area contributed by atoms with Gasteiger partial charge >= 0.3 is 0 Å². The van der Waals surface area contributed by atoms with Gasteiger partial charge in [0, 0.05) is 12.6 Å².